The Balaban J connectivity index is 0.00000192. The molecule has 2 aliphatic rings. The van der Waals surface area contributed by atoms with Crippen molar-refractivity contribution < 1.29 is 14.1 Å². The van der Waals surface area contributed by atoms with Gasteiger partial charge in [-0.3, -0.25) is 9.59 Å². The van der Waals surface area contributed by atoms with E-state index in [0.717, 1.165) is 38.8 Å². The van der Waals surface area contributed by atoms with E-state index >= 15 is 0 Å². The van der Waals surface area contributed by atoms with Gasteiger partial charge in [0.25, 0.3) is 5.91 Å². The third-order valence-corrected chi connectivity index (χ3v) is 4.40. The number of halogens is 1. The van der Waals surface area contributed by atoms with Gasteiger partial charge in [-0.2, -0.15) is 0 Å². The summed E-state index contributed by atoms with van der Waals surface area (Å²) in [7, 11) is 0. The summed E-state index contributed by atoms with van der Waals surface area (Å²) in [5, 5.41) is 9.91. The quantitative estimate of drug-likeness (QED) is 0.845. The minimum absolute atomic E-state index is 0. The van der Waals surface area contributed by atoms with E-state index in [1.165, 1.54) is 6.26 Å². The molecular weight excluding hydrogens is 320 g/mol. The van der Waals surface area contributed by atoms with Gasteiger partial charge >= 0.3 is 0 Å². The Labute approximate surface area is 141 Å². The number of piperidine rings is 1. The van der Waals surface area contributed by atoms with Gasteiger partial charge in [-0.15, -0.1) is 12.4 Å². The van der Waals surface area contributed by atoms with E-state index in [1.807, 2.05) is 0 Å². The first-order valence-corrected chi connectivity index (χ1v) is 7.95. The summed E-state index contributed by atoms with van der Waals surface area (Å²) < 4.78 is 4.73. The van der Waals surface area contributed by atoms with E-state index in [4.69, 9.17) is 4.52 Å². The van der Waals surface area contributed by atoms with Crippen LogP contribution in [0.5, 0.6) is 0 Å². The summed E-state index contributed by atoms with van der Waals surface area (Å²) in [5.41, 5.74) is 0.347. The van der Waals surface area contributed by atoms with E-state index in [-0.39, 0.29) is 30.3 Å². The lowest BCUT2D eigenvalue weighted by molar-refractivity contribution is -0.123. The Kier molecular flexibility index (Phi) is 6.41. The van der Waals surface area contributed by atoms with Crippen molar-refractivity contribution in [3.63, 3.8) is 0 Å². The van der Waals surface area contributed by atoms with Crippen molar-refractivity contribution in [2.24, 2.45) is 5.92 Å². The highest BCUT2D eigenvalue weighted by Crippen LogP contribution is 2.18. The molecule has 0 spiro atoms. The molecule has 0 aliphatic carbocycles. The second-order valence-electron chi connectivity index (χ2n) is 6.04. The summed E-state index contributed by atoms with van der Waals surface area (Å²) in [5.74, 6) is 0.287. The van der Waals surface area contributed by atoms with Crippen molar-refractivity contribution >= 4 is 24.2 Å². The molecular formula is C15H23ClN4O3. The molecule has 128 valence electrons. The van der Waals surface area contributed by atoms with Crippen LogP contribution in [0.15, 0.2) is 16.9 Å². The number of rotatable bonds is 4. The molecule has 2 aliphatic heterocycles. The molecule has 2 fully saturated rings. The van der Waals surface area contributed by atoms with Crippen molar-refractivity contribution in [2.45, 2.75) is 31.7 Å². The van der Waals surface area contributed by atoms with Crippen LogP contribution in [0.4, 0.5) is 0 Å². The molecule has 0 bridgehead atoms. The number of nitrogens with zero attached hydrogens (tertiary/aromatic N) is 2. The first kappa shape index (κ1) is 17.7. The maximum absolute atomic E-state index is 12.3. The summed E-state index contributed by atoms with van der Waals surface area (Å²) >= 11 is 0. The number of hydrogen-bond acceptors (Lipinski definition) is 5. The van der Waals surface area contributed by atoms with E-state index in [9.17, 15) is 9.59 Å². The summed E-state index contributed by atoms with van der Waals surface area (Å²) in [4.78, 5) is 26.1. The molecule has 1 aromatic heterocycles. The molecule has 2 unspecified atom stereocenters. The molecule has 0 radical (unpaired) electrons. The average Bonchev–Trinajstić information content (AvgIpc) is 3.25. The maximum Gasteiger partial charge on any atom is 0.276 e. The minimum atomic E-state index is -0.0952. The van der Waals surface area contributed by atoms with Crippen molar-refractivity contribution in [2.75, 3.05) is 26.2 Å². The predicted molar refractivity (Wildman–Crippen MR) is 86.4 cm³/mol. The molecule has 23 heavy (non-hydrogen) atoms. The van der Waals surface area contributed by atoms with Gasteiger partial charge in [0.1, 0.15) is 6.26 Å². The Morgan fingerprint density at radius 3 is 2.96 bits per heavy atom. The normalized spacial score (nSPS) is 24.1. The molecule has 2 atom stereocenters. The van der Waals surface area contributed by atoms with Crippen LogP contribution in [0.25, 0.3) is 0 Å². The van der Waals surface area contributed by atoms with Gasteiger partial charge in [0, 0.05) is 25.7 Å². The molecule has 3 heterocycles. The highest BCUT2D eigenvalue weighted by Gasteiger charge is 2.27. The monoisotopic (exact) mass is 342 g/mol. The second-order valence-corrected chi connectivity index (χ2v) is 6.04. The number of likely N-dealkylation sites (tertiary alicyclic amines) is 1. The van der Waals surface area contributed by atoms with Crippen LogP contribution in [0.1, 0.15) is 36.2 Å². The van der Waals surface area contributed by atoms with E-state index < -0.39 is 0 Å². The van der Waals surface area contributed by atoms with Gasteiger partial charge in [-0.05, 0) is 38.1 Å². The van der Waals surface area contributed by atoms with Crippen molar-refractivity contribution in [1.82, 2.24) is 20.7 Å². The van der Waals surface area contributed by atoms with Gasteiger partial charge in [0.05, 0.1) is 6.04 Å². The van der Waals surface area contributed by atoms with Crippen LogP contribution < -0.4 is 10.6 Å². The third-order valence-electron chi connectivity index (χ3n) is 4.40. The molecule has 2 amide bonds. The van der Waals surface area contributed by atoms with Crippen LogP contribution >= 0.6 is 12.4 Å². The minimum Gasteiger partial charge on any atom is -0.364 e. The van der Waals surface area contributed by atoms with Crippen LogP contribution in [-0.2, 0) is 4.79 Å². The fourth-order valence-electron chi connectivity index (χ4n) is 3.18. The zero-order valence-electron chi connectivity index (χ0n) is 13.0. The Morgan fingerprint density at radius 1 is 1.39 bits per heavy atom. The van der Waals surface area contributed by atoms with Crippen LogP contribution in [0, 0.1) is 5.92 Å². The van der Waals surface area contributed by atoms with Gasteiger partial charge in [-0.25, -0.2) is 0 Å². The van der Waals surface area contributed by atoms with E-state index in [1.54, 1.807) is 11.0 Å². The van der Waals surface area contributed by atoms with Crippen molar-refractivity contribution in [3.8, 4) is 0 Å². The first-order valence-electron chi connectivity index (χ1n) is 7.95. The molecule has 0 aromatic carbocycles. The number of amides is 2. The number of carbonyl (C=O) groups is 2. The Bertz CT molecular complexity index is 517. The average molecular weight is 343 g/mol. The van der Waals surface area contributed by atoms with E-state index in [2.05, 4.69) is 15.8 Å². The van der Waals surface area contributed by atoms with Crippen molar-refractivity contribution in [1.29, 1.82) is 0 Å². The fraction of sp³-hybridized carbons (Fsp3) is 0.667. The van der Waals surface area contributed by atoms with Gasteiger partial charge in [0.15, 0.2) is 5.69 Å². The summed E-state index contributed by atoms with van der Waals surface area (Å²) in [6.45, 7) is 2.94. The van der Waals surface area contributed by atoms with Crippen LogP contribution in [0.3, 0.4) is 0 Å². The molecule has 2 N–H and O–H groups in total. The number of aromatic nitrogens is 1. The lowest BCUT2D eigenvalue weighted by atomic mass is 9.97. The van der Waals surface area contributed by atoms with Gasteiger partial charge < -0.3 is 20.1 Å². The van der Waals surface area contributed by atoms with Crippen LogP contribution in [-0.4, -0.2) is 54.1 Å². The third kappa shape index (κ3) is 4.45. The highest BCUT2D eigenvalue weighted by molar-refractivity contribution is 5.92. The maximum atomic E-state index is 12.3. The van der Waals surface area contributed by atoms with E-state index in [0.29, 0.717) is 24.7 Å². The SMILES string of the molecule is Cl.O=C(NCC1CCCN(C(=O)c2ccon2)C1)C1CCCN1. The smallest absolute Gasteiger partial charge is 0.276 e. The standard InChI is InChI=1S/C15H22N4O3.ClH/c20-14(12-4-1-6-16-12)17-9-11-3-2-7-19(10-11)15(21)13-5-8-22-18-13;/h5,8,11-12,16H,1-4,6-7,9-10H2,(H,17,20);1H. The zero-order chi connectivity index (χ0) is 15.4. The molecule has 2 saturated heterocycles. The topological polar surface area (TPSA) is 87.5 Å². The molecule has 7 nitrogen and oxygen atoms in total. The van der Waals surface area contributed by atoms with Gasteiger partial charge in [-0.1, -0.05) is 5.16 Å². The highest BCUT2D eigenvalue weighted by atomic mass is 35.5. The predicted octanol–water partition coefficient (Wildman–Crippen LogP) is 0.817. The molecule has 1 aromatic rings. The van der Waals surface area contributed by atoms with Crippen LogP contribution in [0.2, 0.25) is 0 Å². The summed E-state index contributed by atoms with van der Waals surface area (Å²) in [6, 6.07) is 1.54. The number of nitrogens with one attached hydrogen (secondary N) is 2. The lowest BCUT2D eigenvalue weighted by Gasteiger charge is -2.32. The number of hydrogen-bond donors (Lipinski definition) is 2. The van der Waals surface area contributed by atoms with Gasteiger partial charge in [0.2, 0.25) is 5.91 Å². The first-order chi connectivity index (χ1) is 10.7. The second kappa shape index (κ2) is 8.31. The summed E-state index contributed by atoms with van der Waals surface area (Å²) in [6.07, 6.45) is 5.35. The lowest BCUT2D eigenvalue weighted by Crippen LogP contribution is -2.46. The zero-order valence-corrected chi connectivity index (χ0v) is 13.8. The Hall–Kier alpha value is -1.60. The van der Waals surface area contributed by atoms with Crippen molar-refractivity contribution in [3.05, 3.63) is 18.0 Å². The number of carbonyl (C=O) groups excluding carboxylic acids is 2. The molecule has 8 heteroatoms. The Morgan fingerprint density at radius 2 is 2.26 bits per heavy atom. The molecule has 3 rings (SSSR count). The molecule has 0 saturated carbocycles. The largest absolute Gasteiger partial charge is 0.364 e. The fourth-order valence-corrected chi connectivity index (χ4v) is 3.18.